The Labute approximate surface area is 147 Å². The molecule has 0 bridgehead atoms. The van der Waals surface area contributed by atoms with Crippen molar-refractivity contribution >= 4 is 11.6 Å². The number of nitrogens with zero attached hydrogens (tertiary/aromatic N) is 2. The number of hydrogen-bond donors (Lipinski definition) is 3. The van der Waals surface area contributed by atoms with E-state index in [9.17, 15) is 4.79 Å². The second kappa shape index (κ2) is 6.96. The van der Waals surface area contributed by atoms with Crippen LogP contribution in [0.3, 0.4) is 0 Å². The third-order valence-corrected chi connectivity index (χ3v) is 5.57. The molecule has 0 radical (unpaired) electrons. The minimum Gasteiger partial charge on any atom is -0.326 e. The summed E-state index contributed by atoms with van der Waals surface area (Å²) >= 11 is 0. The minimum absolute atomic E-state index is 0.173. The fourth-order valence-electron chi connectivity index (χ4n) is 4.05. The van der Waals surface area contributed by atoms with E-state index in [1.807, 2.05) is 24.3 Å². The zero-order valence-corrected chi connectivity index (χ0v) is 14.4. The Morgan fingerprint density at radius 3 is 2.64 bits per heavy atom. The van der Waals surface area contributed by atoms with Crippen molar-refractivity contribution < 1.29 is 4.79 Å². The van der Waals surface area contributed by atoms with Crippen molar-refractivity contribution in [2.24, 2.45) is 23.5 Å². The number of aromatic nitrogens is 3. The van der Waals surface area contributed by atoms with E-state index in [0.717, 1.165) is 23.6 Å². The first-order valence-electron chi connectivity index (χ1n) is 9.27. The van der Waals surface area contributed by atoms with Crippen LogP contribution >= 0.6 is 0 Å². The smallest absolute Gasteiger partial charge is 0.227 e. The number of aromatic amines is 1. The molecule has 2 unspecified atom stereocenters. The third-order valence-electron chi connectivity index (χ3n) is 5.57. The van der Waals surface area contributed by atoms with Crippen LogP contribution in [0.4, 0.5) is 5.69 Å². The lowest BCUT2D eigenvalue weighted by atomic mass is 9.85. The molecule has 0 aliphatic heterocycles. The lowest BCUT2D eigenvalue weighted by molar-refractivity contribution is -0.117. The van der Waals surface area contributed by atoms with Gasteiger partial charge in [-0.05, 0) is 42.5 Å². The Bertz CT molecular complexity index is 733. The second-order valence-electron chi connectivity index (χ2n) is 7.28. The van der Waals surface area contributed by atoms with E-state index in [1.165, 1.54) is 32.1 Å². The summed E-state index contributed by atoms with van der Waals surface area (Å²) < 4.78 is 0. The van der Waals surface area contributed by atoms with Crippen LogP contribution in [0.5, 0.6) is 0 Å². The number of benzene rings is 1. The van der Waals surface area contributed by atoms with Crippen molar-refractivity contribution in [2.45, 2.75) is 45.1 Å². The van der Waals surface area contributed by atoms with Gasteiger partial charge in [0.1, 0.15) is 5.82 Å². The summed E-state index contributed by atoms with van der Waals surface area (Å²) in [5, 5.41) is 10.0. The summed E-state index contributed by atoms with van der Waals surface area (Å²) in [5.74, 6) is 3.05. The van der Waals surface area contributed by atoms with Gasteiger partial charge in [0.2, 0.25) is 5.91 Å². The Morgan fingerprint density at radius 1 is 1.20 bits per heavy atom. The maximum atomic E-state index is 12.5. The average Bonchev–Trinajstić information content (AvgIpc) is 3.33. The maximum Gasteiger partial charge on any atom is 0.227 e. The number of H-pyrrole nitrogens is 1. The molecule has 1 heterocycles. The summed E-state index contributed by atoms with van der Waals surface area (Å²) in [7, 11) is 0. The van der Waals surface area contributed by atoms with E-state index in [-0.39, 0.29) is 11.8 Å². The quantitative estimate of drug-likeness (QED) is 0.780. The molecular formula is C19H25N5O. The SMILES string of the molecule is NCc1nc(-c2ccc(NC(=O)C3CC3C3CCCCC3)cc2)n[nH]1. The minimum atomic E-state index is 0.173. The van der Waals surface area contributed by atoms with Gasteiger partial charge in [0.15, 0.2) is 5.82 Å². The molecule has 0 saturated heterocycles. The first-order valence-corrected chi connectivity index (χ1v) is 9.27. The summed E-state index contributed by atoms with van der Waals surface area (Å²) in [5.41, 5.74) is 7.27. The second-order valence-corrected chi connectivity index (χ2v) is 7.28. The molecule has 0 spiro atoms. The van der Waals surface area contributed by atoms with Gasteiger partial charge in [-0.2, -0.15) is 5.10 Å². The Morgan fingerprint density at radius 2 is 1.96 bits per heavy atom. The first kappa shape index (κ1) is 16.3. The van der Waals surface area contributed by atoms with Crippen LogP contribution in [0.1, 0.15) is 44.3 Å². The van der Waals surface area contributed by atoms with Crippen molar-refractivity contribution in [1.82, 2.24) is 15.2 Å². The molecule has 2 aliphatic carbocycles. The fraction of sp³-hybridized carbons (Fsp3) is 0.526. The molecule has 2 aliphatic rings. The van der Waals surface area contributed by atoms with Crippen molar-refractivity contribution in [3.8, 4) is 11.4 Å². The number of hydrogen-bond acceptors (Lipinski definition) is 4. The number of carbonyl (C=O) groups is 1. The van der Waals surface area contributed by atoms with Gasteiger partial charge < -0.3 is 11.1 Å². The Balaban J connectivity index is 1.34. The molecular weight excluding hydrogens is 314 g/mol. The highest BCUT2D eigenvalue weighted by atomic mass is 16.2. The Kier molecular flexibility index (Phi) is 4.53. The monoisotopic (exact) mass is 339 g/mol. The third kappa shape index (κ3) is 3.58. The van der Waals surface area contributed by atoms with E-state index in [4.69, 9.17) is 5.73 Å². The van der Waals surface area contributed by atoms with Crippen LogP contribution in [0.15, 0.2) is 24.3 Å². The molecule has 6 heteroatoms. The highest BCUT2D eigenvalue weighted by Gasteiger charge is 2.47. The highest BCUT2D eigenvalue weighted by molar-refractivity contribution is 5.94. The molecule has 1 aromatic heterocycles. The summed E-state index contributed by atoms with van der Waals surface area (Å²) in [6.45, 7) is 0.338. The predicted octanol–water partition coefficient (Wildman–Crippen LogP) is 3.09. The number of nitrogens with one attached hydrogen (secondary N) is 2. The summed E-state index contributed by atoms with van der Waals surface area (Å²) in [6, 6.07) is 7.66. The van der Waals surface area contributed by atoms with Crippen LogP contribution in [-0.2, 0) is 11.3 Å². The fourth-order valence-corrected chi connectivity index (χ4v) is 4.05. The van der Waals surface area contributed by atoms with Crippen molar-refractivity contribution in [2.75, 3.05) is 5.32 Å². The van der Waals surface area contributed by atoms with Crippen molar-refractivity contribution in [1.29, 1.82) is 0 Å². The Hall–Kier alpha value is -2.21. The molecule has 4 rings (SSSR count). The zero-order chi connectivity index (χ0) is 17.2. The molecule has 4 N–H and O–H groups in total. The van der Waals surface area contributed by atoms with Gasteiger partial charge >= 0.3 is 0 Å². The van der Waals surface area contributed by atoms with Crippen LogP contribution < -0.4 is 11.1 Å². The van der Waals surface area contributed by atoms with Gasteiger partial charge in [0.25, 0.3) is 0 Å². The summed E-state index contributed by atoms with van der Waals surface area (Å²) in [6.07, 6.45) is 7.72. The molecule has 6 nitrogen and oxygen atoms in total. The number of nitrogens with two attached hydrogens (primary N) is 1. The summed E-state index contributed by atoms with van der Waals surface area (Å²) in [4.78, 5) is 16.8. The predicted molar refractivity (Wildman–Crippen MR) is 96.5 cm³/mol. The molecule has 25 heavy (non-hydrogen) atoms. The lowest BCUT2D eigenvalue weighted by Crippen LogP contribution is -2.18. The molecule has 132 valence electrons. The van der Waals surface area contributed by atoms with Gasteiger partial charge in [-0.3, -0.25) is 9.89 Å². The van der Waals surface area contributed by atoms with E-state index < -0.39 is 0 Å². The molecule has 1 aromatic carbocycles. The average molecular weight is 339 g/mol. The van der Waals surface area contributed by atoms with Gasteiger partial charge in [-0.25, -0.2) is 4.98 Å². The van der Waals surface area contributed by atoms with Crippen LogP contribution in [0.25, 0.3) is 11.4 Å². The van der Waals surface area contributed by atoms with Crippen molar-refractivity contribution in [3.05, 3.63) is 30.1 Å². The molecule has 2 aromatic rings. The standard InChI is InChI=1S/C19H25N5O/c20-11-17-22-18(24-23-17)13-6-8-14(9-7-13)21-19(25)16-10-15(16)12-4-2-1-3-5-12/h6-9,12,15-16H,1-5,10-11,20H2,(H,21,25)(H,22,23,24). The number of carbonyl (C=O) groups excluding carboxylic acids is 1. The van der Waals surface area contributed by atoms with Gasteiger partial charge in [-0.15, -0.1) is 0 Å². The molecule has 2 atom stereocenters. The van der Waals surface area contributed by atoms with E-state index in [0.29, 0.717) is 24.1 Å². The van der Waals surface area contributed by atoms with Crippen LogP contribution in [0, 0.1) is 17.8 Å². The first-order chi connectivity index (χ1) is 12.2. The molecule has 2 saturated carbocycles. The van der Waals surface area contributed by atoms with E-state index >= 15 is 0 Å². The largest absolute Gasteiger partial charge is 0.326 e. The normalized spacial score (nSPS) is 23.4. The van der Waals surface area contributed by atoms with Gasteiger partial charge in [0.05, 0.1) is 6.54 Å². The molecule has 2 fully saturated rings. The number of amides is 1. The van der Waals surface area contributed by atoms with Crippen LogP contribution in [0.2, 0.25) is 0 Å². The lowest BCUT2D eigenvalue weighted by Gasteiger charge is -2.21. The van der Waals surface area contributed by atoms with Gasteiger partial charge in [0, 0.05) is 17.2 Å². The van der Waals surface area contributed by atoms with Crippen LogP contribution in [-0.4, -0.2) is 21.1 Å². The topological polar surface area (TPSA) is 96.7 Å². The zero-order valence-electron chi connectivity index (χ0n) is 14.4. The van der Waals surface area contributed by atoms with Gasteiger partial charge in [-0.1, -0.05) is 32.1 Å². The van der Waals surface area contributed by atoms with Crippen molar-refractivity contribution in [3.63, 3.8) is 0 Å². The number of anilines is 1. The molecule has 1 amide bonds. The number of rotatable bonds is 5. The van der Waals surface area contributed by atoms with E-state index in [1.54, 1.807) is 0 Å². The maximum absolute atomic E-state index is 12.5. The van der Waals surface area contributed by atoms with E-state index in [2.05, 4.69) is 20.5 Å². The highest BCUT2D eigenvalue weighted by Crippen LogP contribution is 2.49.